The number of benzene rings is 1. The molecule has 2 aliphatic heterocycles. The molecule has 2 fully saturated rings. The zero-order valence-corrected chi connectivity index (χ0v) is 11.9. The van der Waals surface area contributed by atoms with Crippen molar-refractivity contribution in [3.63, 3.8) is 0 Å². The van der Waals surface area contributed by atoms with Gasteiger partial charge in [0.25, 0.3) is 5.89 Å². The van der Waals surface area contributed by atoms with Crippen LogP contribution in [0.4, 0.5) is 4.39 Å². The number of amides is 1. The van der Waals surface area contributed by atoms with Gasteiger partial charge in [0, 0.05) is 23.7 Å². The molecular weight excluding hydrogens is 285 g/mol. The first-order chi connectivity index (χ1) is 10.7. The van der Waals surface area contributed by atoms with E-state index in [1.165, 1.54) is 24.8 Å². The Kier molecular flexibility index (Phi) is 3.18. The SMILES string of the molecule is O=C(N[C@@H]1C[C@H]2CC[C@@H]1N2)c1ncc(-c2cccc(F)c2)o1. The topological polar surface area (TPSA) is 67.2 Å². The Balaban J connectivity index is 1.48. The summed E-state index contributed by atoms with van der Waals surface area (Å²) in [4.78, 5) is 16.2. The quantitative estimate of drug-likeness (QED) is 0.911. The molecule has 2 saturated heterocycles. The van der Waals surface area contributed by atoms with Crippen molar-refractivity contribution in [2.45, 2.75) is 37.4 Å². The molecule has 6 heteroatoms. The first-order valence-corrected chi connectivity index (χ1v) is 7.48. The van der Waals surface area contributed by atoms with Crippen LogP contribution in [-0.2, 0) is 0 Å². The molecule has 2 bridgehead atoms. The van der Waals surface area contributed by atoms with Gasteiger partial charge >= 0.3 is 5.91 Å². The summed E-state index contributed by atoms with van der Waals surface area (Å²) in [6.45, 7) is 0. The van der Waals surface area contributed by atoms with E-state index in [9.17, 15) is 9.18 Å². The summed E-state index contributed by atoms with van der Waals surface area (Å²) < 4.78 is 18.7. The number of aromatic nitrogens is 1. The summed E-state index contributed by atoms with van der Waals surface area (Å²) in [5.74, 6) is -0.271. The highest BCUT2D eigenvalue weighted by atomic mass is 19.1. The molecular formula is C16H16FN3O2. The van der Waals surface area contributed by atoms with Crippen LogP contribution in [0.5, 0.6) is 0 Å². The number of oxazole rings is 1. The van der Waals surface area contributed by atoms with Crippen molar-refractivity contribution in [3.05, 3.63) is 42.2 Å². The molecule has 3 heterocycles. The maximum absolute atomic E-state index is 13.2. The number of carbonyl (C=O) groups excluding carboxylic acids is 1. The van der Waals surface area contributed by atoms with Crippen molar-refractivity contribution in [3.8, 4) is 11.3 Å². The molecule has 2 N–H and O–H groups in total. The lowest BCUT2D eigenvalue weighted by molar-refractivity contribution is 0.0896. The minimum Gasteiger partial charge on any atom is -0.432 e. The standard InChI is InChI=1S/C16H16FN3O2/c17-10-3-1-2-9(6-10)14-8-18-16(22-14)15(21)20-13-7-11-4-5-12(13)19-11/h1-3,6,8,11-13,19H,4-5,7H2,(H,20,21)/t11-,12+,13-/m1/s1. The summed E-state index contributed by atoms with van der Waals surface area (Å²) in [6.07, 6.45) is 4.67. The van der Waals surface area contributed by atoms with Crippen LogP contribution < -0.4 is 10.6 Å². The van der Waals surface area contributed by atoms with E-state index in [1.54, 1.807) is 12.1 Å². The van der Waals surface area contributed by atoms with E-state index in [1.807, 2.05) is 0 Å². The largest absolute Gasteiger partial charge is 0.432 e. The number of nitrogens with one attached hydrogen (secondary N) is 2. The van der Waals surface area contributed by atoms with E-state index in [4.69, 9.17) is 4.42 Å². The van der Waals surface area contributed by atoms with E-state index in [2.05, 4.69) is 15.6 Å². The van der Waals surface area contributed by atoms with Gasteiger partial charge in [-0.15, -0.1) is 0 Å². The molecule has 0 saturated carbocycles. The van der Waals surface area contributed by atoms with E-state index in [0.29, 0.717) is 23.4 Å². The molecule has 0 spiro atoms. The smallest absolute Gasteiger partial charge is 0.307 e. The summed E-state index contributed by atoms with van der Waals surface area (Å²) in [7, 11) is 0. The lowest BCUT2D eigenvalue weighted by Crippen LogP contribution is -2.43. The average molecular weight is 301 g/mol. The Labute approximate surface area is 126 Å². The Bertz CT molecular complexity index is 715. The van der Waals surface area contributed by atoms with E-state index in [-0.39, 0.29) is 23.7 Å². The maximum atomic E-state index is 13.2. The van der Waals surface area contributed by atoms with Crippen LogP contribution in [0.25, 0.3) is 11.3 Å². The normalized spacial score (nSPS) is 26.3. The minimum atomic E-state index is -0.354. The molecule has 1 aromatic heterocycles. The maximum Gasteiger partial charge on any atom is 0.307 e. The Morgan fingerprint density at radius 3 is 3.05 bits per heavy atom. The lowest BCUT2D eigenvalue weighted by atomic mass is 9.95. The molecule has 2 aromatic rings. The summed E-state index contributed by atoms with van der Waals surface area (Å²) in [6, 6.07) is 7.02. The Morgan fingerprint density at radius 1 is 1.41 bits per heavy atom. The molecule has 22 heavy (non-hydrogen) atoms. The molecule has 114 valence electrons. The number of nitrogens with zero attached hydrogens (tertiary/aromatic N) is 1. The first-order valence-electron chi connectivity index (χ1n) is 7.48. The number of hydrogen-bond acceptors (Lipinski definition) is 4. The highest BCUT2D eigenvalue weighted by Crippen LogP contribution is 2.28. The second-order valence-electron chi connectivity index (χ2n) is 5.90. The molecule has 5 nitrogen and oxygen atoms in total. The fraction of sp³-hybridized carbons (Fsp3) is 0.375. The molecule has 0 aliphatic carbocycles. The van der Waals surface area contributed by atoms with Gasteiger partial charge in [0.15, 0.2) is 5.76 Å². The molecule has 0 unspecified atom stereocenters. The highest BCUT2D eigenvalue weighted by Gasteiger charge is 2.40. The van der Waals surface area contributed by atoms with E-state index < -0.39 is 0 Å². The van der Waals surface area contributed by atoms with Crippen LogP contribution in [-0.4, -0.2) is 29.0 Å². The van der Waals surface area contributed by atoms with Gasteiger partial charge in [-0.1, -0.05) is 12.1 Å². The molecule has 0 radical (unpaired) electrons. The van der Waals surface area contributed by atoms with E-state index >= 15 is 0 Å². The average Bonchev–Trinajstić information content (AvgIpc) is 3.23. The lowest BCUT2D eigenvalue weighted by Gasteiger charge is -2.20. The van der Waals surface area contributed by atoms with Crippen LogP contribution in [0.1, 0.15) is 29.9 Å². The number of rotatable bonds is 3. The number of halogens is 1. The van der Waals surface area contributed by atoms with Gasteiger partial charge < -0.3 is 15.1 Å². The number of carbonyl (C=O) groups is 1. The summed E-state index contributed by atoms with van der Waals surface area (Å²) >= 11 is 0. The van der Waals surface area contributed by atoms with Crippen molar-refractivity contribution >= 4 is 5.91 Å². The van der Waals surface area contributed by atoms with Gasteiger partial charge in [-0.2, -0.15) is 0 Å². The molecule has 4 rings (SSSR count). The fourth-order valence-corrected chi connectivity index (χ4v) is 3.37. The van der Waals surface area contributed by atoms with Crippen LogP contribution in [0, 0.1) is 5.82 Å². The van der Waals surface area contributed by atoms with Gasteiger partial charge in [-0.3, -0.25) is 4.79 Å². The second kappa shape index (κ2) is 5.21. The van der Waals surface area contributed by atoms with Crippen molar-refractivity contribution in [2.75, 3.05) is 0 Å². The Morgan fingerprint density at radius 2 is 2.32 bits per heavy atom. The molecule has 2 aliphatic rings. The van der Waals surface area contributed by atoms with Crippen LogP contribution in [0.2, 0.25) is 0 Å². The first kappa shape index (κ1) is 13.5. The highest BCUT2D eigenvalue weighted by molar-refractivity contribution is 5.90. The zero-order chi connectivity index (χ0) is 15.1. The van der Waals surface area contributed by atoms with Crippen molar-refractivity contribution in [1.82, 2.24) is 15.6 Å². The van der Waals surface area contributed by atoms with Crippen molar-refractivity contribution in [1.29, 1.82) is 0 Å². The molecule has 3 atom stereocenters. The van der Waals surface area contributed by atoms with Crippen LogP contribution in [0.3, 0.4) is 0 Å². The van der Waals surface area contributed by atoms with Gasteiger partial charge in [-0.05, 0) is 31.4 Å². The van der Waals surface area contributed by atoms with E-state index in [0.717, 1.165) is 12.8 Å². The monoisotopic (exact) mass is 301 g/mol. The predicted octanol–water partition coefficient (Wildman–Crippen LogP) is 2.10. The number of hydrogen-bond donors (Lipinski definition) is 2. The summed E-state index contributed by atoms with van der Waals surface area (Å²) in [5, 5.41) is 6.44. The van der Waals surface area contributed by atoms with Crippen LogP contribution >= 0.6 is 0 Å². The second-order valence-corrected chi connectivity index (χ2v) is 5.90. The third-order valence-corrected chi connectivity index (χ3v) is 4.43. The van der Waals surface area contributed by atoms with Crippen molar-refractivity contribution < 1.29 is 13.6 Å². The molecule has 1 amide bonds. The zero-order valence-electron chi connectivity index (χ0n) is 11.9. The van der Waals surface area contributed by atoms with Gasteiger partial charge in [0.1, 0.15) is 5.82 Å². The third-order valence-electron chi connectivity index (χ3n) is 4.43. The van der Waals surface area contributed by atoms with Gasteiger partial charge in [-0.25, -0.2) is 9.37 Å². The number of fused-ring (bicyclic) bond motifs is 2. The summed E-state index contributed by atoms with van der Waals surface area (Å²) in [5.41, 5.74) is 0.563. The van der Waals surface area contributed by atoms with Crippen LogP contribution in [0.15, 0.2) is 34.9 Å². The Hall–Kier alpha value is -2.21. The minimum absolute atomic E-state index is 0.0158. The fourth-order valence-electron chi connectivity index (χ4n) is 3.37. The predicted molar refractivity (Wildman–Crippen MR) is 77.7 cm³/mol. The van der Waals surface area contributed by atoms with Gasteiger partial charge in [0.05, 0.1) is 6.20 Å². The third kappa shape index (κ3) is 2.39. The van der Waals surface area contributed by atoms with Gasteiger partial charge in [0.2, 0.25) is 0 Å². The molecule has 1 aromatic carbocycles. The van der Waals surface area contributed by atoms with Crippen molar-refractivity contribution in [2.24, 2.45) is 0 Å².